The largest absolute Gasteiger partial charge is 0.331 e. The Balaban J connectivity index is 1.32. The fourth-order valence-corrected chi connectivity index (χ4v) is 5.13. The standard InChI is InChI=1S/C20H15N5O2S2/c26-17(14-6-3-4-9-21-14)24-20-23-13-8-10-25(11-16(13)29-20)19(27)18-22-12-5-1-2-7-15(12)28-18/h1-7,9H,8,10-11H2,(H,23,24,26). The zero-order valence-electron chi connectivity index (χ0n) is 15.2. The summed E-state index contributed by atoms with van der Waals surface area (Å²) in [6.45, 7) is 1.06. The van der Waals surface area contributed by atoms with Gasteiger partial charge < -0.3 is 4.90 Å². The number of thiazole rings is 2. The fourth-order valence-electron chi connectivity index (χ4n) is 3.18. The van der Waals surface area contributed by atoms with E-state index in [1.54, 1.807) is 29.3 Å². The maximum absolute atomic E-state index is 12.9. The van der Waals surface area contributed by atoms with Crippen LogP contribution in [0, 0.1) is 0 Å². The molecule has 0 unspecified atom stereocenters. The molecule has 5 rings (SSSR count). The van der Waals surface area contributed by atoms with E-state index in [9.17, 15) is 9.59 Å². The number of carbonyl (C=O) groups is 2. The summed E-state index contributed by atoms with van der Waals surface area (Å²) in [4.78, 5) is 41.1. The summed E-state index contributed by atoms with van der Waals surface area (Å²) in [6, 6.07) is 12.9. The van der Waals surface area contributed by atoms with Gasteiger partial charge in [0.15, 0.2) is 10.1 Å². The summed E-state index contributed by atoms with van der Waals surface area (Å²) in [6.07, 6.45) is 2.23. The number of fused-ring (bicyclic) bond motifs is 2. The van der Waals surface area contributed by atoms with Crippen molar-refractivity contribution in [3.8, 4) is 0 Å². The first kappa shape index (κ1) is 17.9. The number of amides is 2. The summed E-state index contributed by atoms with van der Waals surface area (Å²) in [5.74, 6) is -0.358. The predicted molar refractivity (Wildman–Crippen MR) is 112 cm³/mol. The van der Waals surface area contributed by atoms with E-state index in [0.29, 0.717) is 35.3 Å². The number of hydrogen-bond acceptors (Lipinski definition) is 7. The van der Waals surface area contributed by atoms with E-state index >= 15 is 0 Å². The molecule has 144 valence electrons. The Kier molecular flexibility index (Phi) is 4.53. The molecule has 0 aliphatic carbocycles. The van der Waals surface area contributed by atoms with Crippen LogP contribution in [0.1, 0.15) is 30.9 Å². The van der Waals surface area contributed by atoms with Gasteiger partial charge in [-0.25, -0.2) is 9.97 Å². The van der Waals surface area contributed by atoms with Gasteiger partial charge in [0.05, 0.1) is 22.5 Å². The van der Waals surface area contributed by atoms with Gasteiger partial charge in [0.25, 0.3) is 11.8 Å². The number of benzene rings is 1. The minimum atomic E-state index is -0.292. The van der Waals surface area contributed by atoms with Crippen molar-refractivity contribution >= 4 is 49.8 Å². The topological polar surface area (TPSA) is 88.1 Å². The van der Waals surface area contributed by atoms with E-state index in [0.717, 1.165) is 20.8 Å². The van der Waals surface area contributed by atoms with Crippen molar-refractivity contribution < 1.29 is 9.59 Å². The van der Waals surface area contributed by atoms with E-state index in [-0.39, 0.29) is 11.8 Å². The van der Waals surface area contributed by atoms with E-state index in [1.165, 1.54) is 22.7 Å². The Morgan fingerprint density at radius 3 is 2.72 bits per heavy atom. The zero-order valence-corrected chi connectivity index (χ0v) is 16.8. The lowest BCUT2D eigenvalue weighted by atomic mass is 10.2. The molecule has 9 heteroatoms. The lowest BCUT2D eigenvalue weighted by molar-refractivity contribution is 0.0736. The summed E-state index contributed by atoms with van der Waals surface area (Å²) in [5.41, 5.74) is 2.11. The Hall–Kier alpha value is -3.17. The molecule has 0 spiro atoms. The molecular weight excluding hydrogens is 406 g/mol. The quantitative estimate of drug-likeness (QED) is 0.546. The molecular formula is C20H15N5O2S2. The van der Waals surface area contributed by atoms with E-state index in [4.69, 9.17) is 0 Å². The molecule has 7 nitrogen and oxygen atoms in total. The molecule has 1 aromatic carbocycles. The van der Waals surface area contributed by atoms with Crippen LogP contribution in [0.3, 0.4) is 0 Å². The highest BCUT2D eigenvalue weighted by Crippen LogP contribution is 2.30. The molecule has 0 bridgehead atoms. The molecule has 1 N–H and O–H groups in total. The molecule has 0 radical (unpaired) electrons. The van der Waals surface area contributed by atoms with Gasteiger partial charge in [-0.3, -0.25) is 19.9 Å². The molecule has 0 saturated carbocycles. The van der Waals surface area contributed by atoms with Crippen molar-refractivity contribution in [2.75, 3.05) is 11.9 Å². The highest BCUT2D eigenvalue weighted by atomic mass is 32.1. The second-order valence-corrected chi connectivity index (χ2v) is 8.64. The SMILES string of the molecule is O=C(Nc1nc2c(s1)CN(C(=O)c1nc3ccccc3s1)CC2)c1ccccn1. The molecule has 0 atom stereocenters. The van der Waals surface area contributed by atoms with Gasteiger partial charge in [0.1, 0.15) is 5.69 Å². The summed E-state index contributed by atoms with van der Waals surface area (Å²) in [5, 5.41) is 3.83. The van der Waals surface area contributed by atoms with Crippen LogP contribution in [-0.4, -0.2) is 38.2 Å². The van der Waals surface area contributed by atoms with E-state index < -0.39 is 0 Å². The molecule has 1 aliphatic heterocycles. The molecule has 1 aliphatic rings. The Bertz CT molecular complexity index is 1190. The molecule has 0 saturated heterocycles. The number of nitrogens with zero attached hydrogens (tertiary/aromatic N) is 4. The van der Waals surface area contributed by atoms with Gasteiger partial charge in [0.2, 0.25) is 0 Å². The number of nitrogens with one attached hydrogen (secondary N) is 1. The normalized spacial score (nSPS) is 13.3. The van der Waals surface area contributed by atoms with E-state index in [1.807, 2.05) is 24.3 Å². The Labute approximate surface area is 174 Å². The number of aromatic nitrogens is 3. The average molecular weight is 422 g/mol. The predicted octanol–water partition coefficient (Wildman–Crippen LogP) is 3.60. The highest BCUT2D eigenvalue weighted by molar-refractivity contribution is 7.20. The number of carbonyl (C=O) groups excluding carboxylic acids is 2. The van der Waals surface area contributed by atoms with Crippen molar-refractivity contribution in [2.45, 2.75) is 13.0 Å². The fraction of sp³-hybridized carbons (Fsp3) is 0.150. The van der Waals surface area contributed by atoms with Crippen LogP contribution in [0.25, 0.3) is 10.2 Å². The van der Waals surface area contributed by atoms with Crippen molar-refractivity contribution in [1.82, 2.24) is 19.9 Å². The van der Waals surface area contributed by atoms with E-state index in [2.05, 4.69) is 20.3 Å². The number of hydrogen-bond donors (Lipinski definition) is 1. The first-order chi connectivity index (χ1) is 14.2. The van der Waals surface area contributed by atoms with Crippen molar-refractivity contribution in [3.05, 3.63) is 69.9 Å². The Morgan fingerprint density at radius 2 is 1.90 bits per heavy atom. The van der Waals surface area contributed by atoms with Crippen molar-refractivity contribution in [1.29, 1.82) is 0 Å². The summed E-state index contributed by atoms with van der Waals surface area (Å²) < 4.78 is 1.01. The maximum atomic E-state index is 12.9. The lowest BCUT2D eigenvalue weighted by Gasteiger charge is -2.25. The van der Waals surface area contributed by atoms with Crippen LogP contribution >= 0.6 is 22.7 Å². The van der Waals surface area contributed by atoms with Gasteiger partial charge in [-0.15, -0.1) is 11.3 Å². The number of para-hydroxylation sites is 1. The van der Waals surface area contributed by atoms with Crippen LogP contribution in [0.4, 0.5) is 5.13 Å². The summed E-state index contributed by atoms with van der Waals surface area (Å²) in [7, 11) is 0. The first-order valence-corrected chi connectivity index (χ1v) is 10.7. The first-order valence-electron chi connectivity index (χ1n) is 9.03. The molecule has 3 aromatic heterocycles. The zero-order chi connectivity index (χ0) is 19.8. The maximum Gasteiger partial charge on any atom is 0.283 e. The monoisotopic (exact) mass is 421 g/mol. The van der Waals surface area contributed by atoms with Gasteiger partial charge >= 0.3 is 0 Å². The number of rotatable bonds is 3. The van der Waals surface area contributed by atoms with Crippen molar-refractivity contribution in [3.63, 3.8) is 0 Å². The summed E-state index contributed by atoms with van der Waals surface area (Å²) >= 11 is 2.81. The molecule has 4 aromatic rings. The van der Waals surface area contributed by atoms with Crippen LogP contribution < -0.4 is 5.32 Å². The third-order valence-electron chi connectivity index (χ3n) is 4.61. The third-order valence-corrected chi connectivity index (χ3v) is 6.64. The minimum Gasteiger partial charge on any atom is -0.331 e. The third kappa shape index (κ3) is 3.50. The van der Waals surface area contributed by atoms with Gasteiger partial charge in [-0.1, -0.05) is 29.5 Å². The second-order valence-electron chi connectivity index (χ2n) is 6.52. The smallest absolute Gasteiger partial charge is 0.283 e. The highest BCUT2D eigenvalue weighted by Gasteiger charge is 2.27. The van der Waals surface area contributed by atoms with Crippen LogP contribution in [0.5, 0.6) is 0 Å². The second kappa shape index (κ2) is 7.34. The Morgan fingerprint density at radius 1 is 1.03 bits per heavy atom. The van der Waals surface area contributed by atoms with Gasteiger partial charge in [0, 0.05) is 24.0 Å². The van der Waals surface area contributed by atoms with Crippen molar-refractivity contribution in [2.24, 2.45) is 0 Å². The van der Waals surface area contributed by atoms with Crippen LogP contribution in [0.15, 0.2) is 48.7 Å². The number of pyridine rings is 1. The minimum absolute atomic E-state index is 0.0654. The van der Waals surface area contributed by atoms with Crippen LogP contribution in [0.2, 0.25) is 0 Å². The van der Waals surface area contributed by atoms with Crippen LogP contribution in [-0.2, 0) is 13.0 Å². The molecule has 4 heterocycles. The lowest BCUT2D eigenvalue weighted by Crippen LogP contribution is -2.35. The van der Waals surface area contributed by atoms with Gasteiger partial charge in [-0.05, 0) is 24.3 Å². The molecule has 29 heavy (non-hydrogen) atoms. The van der Waals surface area contributed by atoms with Gasteiger partial charge in [-0.2, -0.15) is 0 Å². The molecule has 0 fully saturated rings. The number of anilines is 1. The molecule has 2 amide bonds. The average Bonchev–Trinajstić information content (AvgIpc) is 3.36.